The van der Waals surface area contributed by atoms with Crippen LogP contribution in [-0.4, -0.2) is 28.7 Å². The number of nitrogens with zero attached hydrogens (tertiary/aromatic N) is 1. The highest BCUT2D eigenvalue weighted by Crippen LogP contribution is 2.19. The Morgan fingerprint density at radius 2 is 1.95 bits per heavy atom. The molecule has 1 amide bonds. The van der Waals surface area contributed by atoms with Crippen LogP contribution < -0.4 is 11.1 Å². The fraction of sp³-hybridized carbons (Fsp3) is 0.385. The van der Waals surface area contributed by atoms with Gasteiger partial charge in [-0.2, -0.15) is 0 Å². The summed E-state index contributed by atoms with van der Waals surface area (Å²) in [6, 6.07) is 7.13. The smallest absolute Gasteiger partial charge is 0.237 e. The van der Waals surface area contributed by atoms with Crippen LogP contribution >= 0.6 is 0 Å². The first-order chi connectivity index (χ1) is 8.91. The molecule has 0 saturated heterocycles. The summed E-state index contributed by atoms with van der Waals surface area (Å²) in [6.07, 6.45) is 0.573. The number of nitrogens with one attached hydrogen (secondary N) is 1. The van der Waals surface area contributed by atoms with E-state index in [4.69, 9.17) is 16.0 Å². The lowest BCUT2D eigenvalue weighted by Gasteiger charge is -2.21. The van der Waals surface area contributed by atoms with Gasteiger partial charge in [-0.05, 0) is 38.0 Å². The van der Waals surface area contributed by atoms with Crippen molar-refractivity contribution in [2.45, 2.75) is 20.3 Å². The van der Waals surface area contributed by atoms with Crippen molar-refractivity contribution in [2.24, 2.45) is 16.3 Å². The summed E-state index contributed by atoms with van der Waals surface area (Å²) in [4.78, 5) is 12.0. The molecular weight excluding hydrogens is 246 g/mol. The molecular formula is C13H19N3O3. The number of carbonyl (C=O) groups excluding carboxylic acids is 1. The summed E-state index contributed by atoms with van der Waals surface area (Å²) in [7, 11) is 0. The number of oxime groups is 1. The van der Waals surface area contributed by atoms with Crippen LogP contribution in [0.1, 0.15) is 19.4 Å². The van der Waals surface area contributed by atoms with Gasteiger partial charge in [0.15, 0.2) is 5.84 Å². The topological polar surface area (TPSA) is 108 Å². The number of aliphatic hydroxyl groups excluding tert-OH is 1. The van der Waals surface area contributed by atoms with Crippen molar-refractivity contribution < 1.29 is 15.1 Å². The third kappa shape index (κ3) is 3.69. The molecule has 6 heteroatoms. The number of benzene rings is 1. The summed E-state index contributed by atoms with van der Waals surface area (Å²) in [5.41, 5.74) is 5.98. The van der Waals surface area contributed by atoms with E-state index in [2.05, 4.69) is 10.5 Å². The predicted molar refractivity (Wildman–Crippen MR) is 73.1 cm³/mol. The lowest BCUT2D eigenvalue weighted by molar-refractivity contribution is -0.121. The molecule has 1 aromatic rings. The maximum Gasteiger partial charge on any atom is 0.237 e. The molecule has 0 heterocycles. The summed E-state index contributed by atoms with van der Waals surface area (Å²) in [5, 5.41) is 23.0. The highest BCUT2D eigenvalue weighted by atomic mass is 16.4. The molecule has 1 rings (SSSR count). The van der Waals surface area contributed by atoms with Crippen molar-refractivity contribution in [2.75, 3.05) is 11.9 Å². The van der Waals surface area contributed by atoms with Crippen LogP contribution in [0.3, 0.4) is 0 Å². The number of amides is 1. The van der Waals surface area contributed by atoms with E-state index in [1.165, 1.54) is 0 Å². The second-order valence-electron chi connectivity index (χ2n) is 4.73. The van der Waals surface area contributed by atoms with Crippen LogP contribution in [0.15, 0.2) is 29.4 Å². The van der Waals surface area contributed by atoms with Crippen molar-refractivity contribution in [1.82, 2.24) is 0 Å². The average Bonchev–Trinajstić information content (AvgIpc) is 2.40. The van der Waals surface area contributed by atoms with Gasteiger partial charge in [0, 0.05) is 12.3 Å². The Labute approximate surface area is 111 Å². The Morgan fingerprint density at radius 1 is 1.37 bits per heavy atom. The molecule has 0 fully saturated rings. The first-order valence-corrected chi connectivity index (χ1v) is 5.91. The number of amidine groups is 1. The molecule has 0 bridgehead atoms. The molecule has 1 aromatic carbocycles. The average molecular weight is 265 g/mol. The van der Waals surface area contributed by atoms with Crippen molar-refractivity contribution in [3.8, 4) is 0 Å². The lowest BCUT2D eigenvalue weighted by Crippen LogP contribution is -2.42. The van der Waals surface area contributed by atoms with Gasteiger partial charge in [0.25, 0.3) is 0 Å². The maximum absolute atomic E-state index is 12.0. The van der Waals surface area contributed by atoms with Gasteiger partial charge in [-0.3, -0.25) is 4.79 Å². The second kappa shape index (κ2) is 6.19. The molecule has 19 heavy (non-hydrogen) atoms. The van der Waals surface area contributed by atoms with E-state index >= 15 is 0 Å². The molecule has 5 N–H and O–H groups in total. The summed E-state index contributed by atoms with van der Waals surface area (Å²) >= 11 is 0. The van der Waals surface area contributed by atoms with Gasteiger partial charge >= 0.3 is 0 Å². The third-order valence-corrected chi connectivity index (χ3v) is 2.93. The van der Waals surface area contributed by atoms with Crippen LogP contribution in [0.5, 0.6) is 0 Å². The number of anilines is 1. The molecule has 6 nitrogen and oxygen atoms in total. The molecule has 0 aliphatic heterocycles. The maximum atomic E-state index is 12.0. The second-order valence-corrected chi connectivity index (χ2v) is 4.73. The van der Waals surface area contributed by atoms with E-state index in [1.807, 2.05) is 12.1 Å². The van der Waals surface area contributed by atoms with Crippen LogP contribution in [0.4, 0.5) is 5.69 Å². The Kier molecular flexibility index (Phi) is 4.88. The highest BCUT2D eigenvalue weighted by Gasteiger charge is 2.32. The fourth-order valence-corrected chi connectivity index (χ4v) is 1.41. The Balaban J connectivity index is 2.77. The number of carbonyl (C=O) groups is 1. The molecule has 0 aromatic heterocycles. The van der Waals surface area contributed by atoms with Gasteiger partial charge in [0.2, 0.25) is 5.91 Å². The highest BCUT2D eigenvalue weighted by molar-refractivity contribution is 6.11. The molecule has 0 aliphatic carbocycles. The minimum absolute atomic E-state index is 0.0856. The van der Waals surface area contributed by atoms with E-state index in [9.17, 15) is 4.79 Å². The molecule has 0 unspecified atom stereocenters. The minimum Gasteiger partial charge on any atom is -0.409 e. The largest absolute Gasteiger partial charge is 0.409 e. The van der Waals surface area contributed by atoms with Crippen molar-refractivity contribution in [3.63, 3.8) is 0 Å². The van der Waals surface area contributed by atoms with Crippen molar-refractivity contribution in [1.29, 1.82) is 0 Å². The Bertz CT molecular complexity index is 467. The standard InChI is InChI=1S/C13H19N3O3/c1-13(2,11(14)16-19)12(18)15-10-5-3-9(4-6-10)7-8-17/h3-6,17,19H,7-8H2,1-2H3,(H2,14,16)(H,15,18). The quantitative estimate of drug-likeness (QED) is 0.275. The van der Waals surface area contributed by atoms with Gasteiger partial charge in [0.1, 0.15) is 5.41 Å². The molecule has 104 valence electrons. The van der Waals surface area contributed by atoms with Gasteiger partial charge in [-0.1, -0.05) is 17.3 Å². The SMILES string of the molecule is CC(C)(C(=O)Nc1ccc(CCO)cc1)C(N)=NO. The van der Waals surface area contributed by atoms with E-state index in [0.717, 1.165) is 5.56 Å². The number of hydrogen-bond donors (Lipinski definition) is 4. The van der Waals surface area contributed by atoms with E-state index in [0.29, 0.717) is 12.1 Å². The summed E-state index contributed by atoms with van der Waals surface area (Å²) in [6.45, 7) is 3.22. The Hall–Kier alpha value is -2.08. The molecule has 0 spiro atoms. The van der Waals surface area contributed by atoms with E-state index < -0.39 is 5.41 Å². The molecule has 0 radical (unpaired) electrons. The van der Waals surface area contributed by atoms with Gasteiger partial charge in [-0.15, -0.1) is 0 Å². The van der Waals surface area contributed by atoms with Crippen LogP contribution in [-0.2, 0) is 11.2 Å². The zero-order valence-electron chi connectivity index (χ0n) is 11.1. The van der Waals surface area contributed by atoms with Crippen LogP contribution in [0.2, 0.25) is 0 Å². The zero-order valence-corrected chi connectivity index (χ0v) is 11.1. The fourth-order valence-electron chi connectivity index (χ4n) is 1.41. The third-order valence-electron chi connectivity index (χ3n) is 2.93. The monoisotopic (exact) mass is 265 g/mol. The first-order valence-electron chi connectivity index (χ1n) is 5.91. The molecule has 0 atom stereocenters. The predicted octanol–water partition coefficient (Wildman–Crippen LogP) is 0.932. The number of hydrogen-bond acceptors (Lipinski definition) is 4. The lowest BCUT2D eigenvalue weighted by atomic mass is 9.91. The molecule has 0 saturated carbocycles. The van der Waals surface area contributed by atoms with Gasteiger partial charge in [0.05, 0.1) is 0 Å². The van der Waals surface area contributed by atoms with Gasteiger partial charge < -0.3 is 21.4 Å². The zero-order chi connectivity index (χ0) is 14.5. The van der Waals surface area contributed by atoms with E-state index in [-0.39, 0.29) is 18.3 Å². The number of nitrogens with two attached hydrogens (primary N) is 1. The van der Waals surface area contributed by atoms with Crippen LogP contribution in [0.25, 0.3) is 0 Å². The Morgan fingerprint density at radius 3 is 2.42 bits per heavy atom. The minimum atomic E-state index is -1.10. The normalized spacial score (nSPS) is 12.3. The summed E-state index contributed by atoms with van der Waals surface area (Å²) in [5.74, 6) is -0.514. The number of rotatable bonds is 5. The van der Waals surface area contributed by atoms with Gasteiger partial charge in [-0.25, -0.2) is 0 Å². The van der Waals surface area contributed by atoms with Crippen molar-refractivity contribution in [3.05, 3.63) is 29.8 Å². The van der Waals surface area contributed by atoms with E-state index in [1.54, 1.807) is 26.0 Å². The van der Waals surface area contributed by atoms with Crippen LogP contribution in [0, 0.1) is 5.41 Å². The first kappa shape index (κ1) is 15.0. The summed E-state index contributed by atoms with van der Waals surface area (Å²) < 4.78 is 0. The number of aliphatic hydroxyl groups is 1. The van der Waals surface area contributed by atoms with Crippen molar-refractivity contribution >= 4 is 17.4 Å². The molecule has 0 aliphatic rings.